The highest BCUT2D eigenvalue weighted by molar-refractivity contribution is 6.15. The van der Waals surface area contributed by atoms with E-state index >= 15 is 0 Å². The molecule has 0 radical (unpaired) electrons. The number of ether oxygens (including phenoxy) is 1. The zero-order chi connectivity index (χ0) is 21.7. The molecule has 1 aromatic carbocycles. The molecule has 0 bridgehead atoms. The summed E-state index contributed by atoms with van der Waals surface area (Å²) in [6.07, 6.45) is 4.57. The van der Waals surface area contributed by atoms with Gasteiger partial charge in [-0.05, 0) is 32.6 Å². The lowest BCUT2D eigenvalue weighted by molar-refractivity contribution is -0.388. The van der Waals surface area contributed by atoms with Gasteiger partial charge in [0.2, 0.25) is 5.82 Å². The van der Waals surface area contributed by atoms with Crippen molar-refractivity contribution in [3.05, 3.63) is 44.3 Å². The van der Waals surface area contributed by atoms with Gasteiger partial charge in [-0.3, -0.25) is 15.1 Å². The zero-order valence-corrected chi connectivity index (χ0v) is 16.0. The number of hydrogen-bond acceptors (Lipinski definition) is 6. The number of carbonyl (C=O) groups is 1. The van der Waals surface area contributed by atoms with Crippen molar-refractivity contribution in [1.82, 2.24) is 0 Å². The molecular weight excluding hydrogens is 393 g/mol. The quantitative estimate of drug-likeness (QED) is 0.0982. The van der Waals surface area contributed by atoms with Crippen molar-refractivity contribution < 1.29 is 32.7 Å². The van der Waals surface area contributed by atoms with Gasteiger partial charge in [-0.25, -0.2) is 13.6 Å². The van der Waals surface area contributed by atoms with Crippen LogP contribution in [0, 0.1) is 34.5 Å². The molecule has 158 valence electrons. The molecule has 1 aliphatic carbocycles. The molecule has 1 aliphatic rings. The highest BCUT2D eigenvalue weighted by Crippen LogP contribution is 2.35. The van der Waals surface area contributed by atoms with Crippen LogP contribution < -0.4 is 0 Å². The largest absolute Gasteiger partial charge is 0.506 e. The SMILES string of the molecule is CCCCOC(=O)C(C=NC1CCC1)=C(O)c1c(F)c(C)c(F)c(F)c1[N+](=O)[O-]. The zero-order valence-electron chi connectivity index (χ0n) is 16.0. The van der Waals surface area contributed by atoms with Crippen molar-refractivity contribution in [3.8, 4) is 0 Å². The molecule has 1 saturated carbocycles. The van der Waals surface area contributed by atoms with E-state index in [9.17, 15) is 33.2 Å². The third-order valence-electron chi connectivity index (χ3n) is 4.63. The average molecular weight is 414 g/mol. The Kier molecular flexibility index (Phi) is 7.35. The number of halogens is 3. The van der Waals surface area contributed by atoms with Crippen molar-refractivity contribution in [2.75, 3.05) is 6.61 Å². The summed E-state index contributed by atoms with van der Waals surface area (Å²) in [5.74, 6) is -7.58. The predicted octanol–water partition coefficient (Wildman–Crippen LogP) is 4.56. The van der Waals surface area contributed by atoms with Crippen LogP contribution in [0.1, 0.15) is 50.2 Å². The molecule has 1 fully saturated rings. The van der Waals surface area contributed by atoms with Gasteiger partial charge in [-0.1, -0.05) is 13.3 Å². The molecule has 0 atom stereocenters. The molecule has 10 heteroatoms. The summed E-state index contributed by atoms with van der Waals surface area (Å²) >= 11 is 0. The molecule has 0 aliphatic heterocycles. The maximum Gasteiger partial charge on any atom is 0.343 e. The first-order chi connectivity index (χ1) is 13.7. The number of nitro benzene ring substituents is 1. The van der Waals surface area contributed by atoms with Crippen LogP contribution in [0.15, 0.2) is 10.6 Å². The van der Waals surface area contributed by atoms with Crippen LogP contribution in [0.2, 0.25) is 0 Å². The van der Waals surface area contributed by atoms with Gasteiger partial charge in [0.05, 0.1) is 11.5 Å². The Bertz CT molecular complexity index is 879. The summed E-state index contributed by atoms with van der Waals surface area (Å²) in [4.78, 5) is 26.3. The number of carbonyl (C=O) groups excluding carboxylic acids is 1. The fourth-order valence-electron chi connectivity index (χ4n) is 2.60. The molecule has 0 unspecified atom stereocenters. The van der Waals surface area contributed by atoms with Crippen LogP contribution in [0.4, 0.5) is 18.9 Å². The van der Waals surface area contributed by atoms with Crippen molar-refractivity contribution in [1.29, 1.82) is 0 Å². The van der Waals surface area contributed by atoms with Gasteiger partial charge < -0.3 is 9.84 Å². The van der Waals surface area contributed by atoms with E-state index in [4.69, 9.17) is 4.74 Å². The lowest BCUT2D eigenvalue weighted by Crippen LogP contribution is -2.18. The Morgan fingerprint density at radius 3 is 2.48 bits per heavy atom. The minimum absolute atomic E-state index is 0.00916. The van der Waals surface area contributed by atoms with Crippen LogP contribution in [0.3, 0.4) is 0 Å². The van der Waals surface area contributed by atoms with E-state index in [-0.39, 0.29) is 12.6 Å². The standard InChI is InChI=1S/C19H21F3N2O5/c1-3-4-8-29-19(26)12(9-23-11-6-5-7-11)18(25)13-14(20)10(2)15(21)16(22)17(13)24(27)28/h9,11,25H,3-8H2,1-2H3. The van der Waals surface area contributed by atoms with E-state index in [0.717, 1.165) is 32.4 Å². The van der Waals surface area contributed by atoms with Crippen molar-refractivity contribution in [3.63, 3.8) is 0 Å². The van der Waals surface area contributed by atoms with E-state index < -0.39 is 56.5 Å². The van der Waals surface area contributed by atoms with E-state index in [2.05, 4.69) is 4.99 Å². The topological polar surface area (TPSA) is 102 Å². The molecule has 1 N–H and O–H groups in total. The molecule has 0 aromatic heterocycles. The van der Waals surface area contributed by atoms with Crippen molar-refractivity contribution in [2.45, 2.75) is 52.0 Å². The predicted molar refractivity (Wildman–Crippen MR) is 99.3 cm³/mol. The Hall–Kier alpha value is -2.91. The van der Waals surface area contributed by atoms with Crippen LogP contribution in [-0.4, -0.2) is 34.9 Å². The molecule has 7 nitrogen and oxygen atoms in total. The van der Waals surface area contributed by atoms with Crippen molar-refractivity contribution in [2.24, 2.45) is 4.99 Å². The second-order valence-corrected chi connectivity index (χ2v) is 6.66. The molecule has 29 heavy (non-hydrogen) atoms. The third kappa shape index (κ3) is 4.75. The summed E-state index contributed by atoms with van der Waals surface area (Å²) in [5.41, 5.74) is -4.38. The van der Waals surface area contributed by atoms with Crippen LogP contribution in [0.5, 0.6) is 0 Å². The van der Waals surface area contributed by atoms with Gasteiger partial charge in [-0.15, -0.1) is 0 Å². The summed E-state index contributed by atoms with van der Waals surface area (Å²) in [6, 6.07) is -0.118. The second-order valence-electron chi connectivity index (χ2n) is 6.66. The minimum atomic E-state index is -1.94. The van der Waals surface area contributed by atoms with Crippen molar-refractivity contribution >= 4 is 23.6 Å². The lowest BCUT2D eigenvalue weighted by Gasteiger charge is -2.20. The lowest BCUT2D eigenvalue weighted by atomic mass is 9.94. The summed E-state index contributed by atoms with van der Waals surface area (Å²) in [5, 5.41) is 21.8. The molecule has 0 saturated heterocycles. The number of aliphatic imine (C=N–C) groups is 1. The number of rotatable bonds is 8. The number of nitro groups is 1. The molecule has 2 rings (SSSR count). The number of hydrogen-bond donors (Lipinski definition) is 1. The number of unbranched alkanes of at least 4 members (excludes halogenated alkanes) is 1. The Morgan fingerprint density at radius 1 is 1.31 bits per heavy atom. The Labute approximate surface area is 165 Å². The van der Waals surface area contributed by atoms with Crippen LogP contribution in [0.25, 0.3) is 5.76 Å². The highest BCUT2D eigenvalue weighted by atomic mass is 19.2. The number of aliphatic hydroxyl groups is 1. The van der Waals surface area contributed by atoms with Gasteiger partial charge in [0.25, 0.3) is 0 Å². The fraction of sp³-hybridized carbons (Fsp3) is 0.474. The van der Waals surface area contributed by atoms with E-state index in [0.29, 0.717) is 12.8 Å². The number of nitrogens with zero attached hydrogens (tertiary/aromatic N) is 2. The van der Waals surface area contributed by atoms with Crippen LogP contribution in [-0.2, 0) is 9.53 Å². The molecule has 0 spiro atoms. The van der Waals surface area contributed by atoms with Gasteiger partial charge in [-0.2, -0.15) is 4.39 Å². The average Bonchev–Trinajstić information content (AvgIpc) is 2.64. The van der Waals surface area contributed by atoms with E-state index in [1.807, 2.05) is 6.92 Å². The van der Waals surface area contributed by atoms with E-state index in [1.165, 1.54) is 0 Å². The minimum Gasteiger partial charge on any atom is -0.506 e. The summed E-state index contributed by atoms with van der Waals surface area (Å²) < 4.78 is 47.5. The second kappa shape index (κ2) is 9.53. The summed E-state index contributed by atoms with van der Waals surface area (Å²) in [6.45, 7) is 2.70. The Balaban J connectivity index is 2.65. The maximum absolute atomic E-state index is 14.6. The number of benzene rings is 1. The highest BCUT2D eigenvalue weighted by Gasteiger charge is 2.35. The molecular formula is C19H21F3N2O5. The first-order valence-electron chi connectivity index (χ1n) is 9.15. The first-order valence-corrected chi connectivity index (χ1v) is 9.15. The van der Waals surface area contributed by atoms with E-state index in [1.54, 1.807) is 0 Å². The Morgan fingerprint density at radius 2 is 1.97 bits per heavy atom. The molecule has 1 aromatic rings. The van der Waals surface area contributed by atoms with Gasteiger partial charge >= 0.3 is 11.7 Å². The van der Waals surface area contributed by atoms with Gasteiger partial charge in [0.15, 0.2) is 5.82 Å². The summed E-state index contributed by atoms with van der Waals surface area (Å²) in [7, 11) is 0. The fourth-order valence-corrected chi connectivity index (χ4v) is 2.60. The monoisotopic (exact) mass is 414 g/mol. The first kappa shape index (κ1) is 22.4. The molecule has 0 amide bonds. The maximum atomic E-state index is 14.6. The third-order valence-corrected chi connectivity index (χ3v) is 4.63. The molecule has 0 heterocycles. The number of esters is 1. The van der Waals surface area contributed by atoms with Gasteiger partial charge in [0.1, 0.15) is 22.7 Å². The normalized spacial score (nSPS) is 15.2. The van der Waals surface area contributed by atoms with Crippen LogP contribution >= 0.6 is 0 Å². The number of aliphatic hydroxyl groups excluding tert-OH is 1. The smallest absolute Gasteiger partial charge is 0.343 e. The van der Waals surface area contributed by atoms with Gasteiger partial charge in [0, 0.05) is 17.8 Å².